The van der Waals surface area contributed by atoms with E-state index in [-0.39, 0.29) is 17.8 Å². The van der Waals surface area contributed by atoms with E-state index in [2.05, 4.69) is 10.4 Å². The molecule has 1 aliphatic rings. The summed E-state index contributed by atoms with van der Waals surface area (Å²) in [6.07, 6.45) is 0.732. The Morgan fingerprint density at radius 2 is 2.09 bits per heavy atom. The van der Waals surface area contributed by atoms with Gasteiger partial charge in [-0.25, -0.2) is 9.07 Å². The topological polar surface area (TPSA) is 50.2 Å². The van der Waals surface area contributed by atoms with Crippen LogP contribution in [0.25, 0.3) is 5.69 Å². The molecule has 0 aliphatic carbocycles. The van der Waals surface area contributed by atoms with Crippen LogP contribution >= 0.6 is 0 Å². The van der Waals surface area contributed by atoms with Crippen molar-refractivity contribution in [2.24, 2.45) is 0 Å². The molecule has 5 nitrogen and oxygen atoms in total. The highest BCUT2D eigenvalue weighted by molar-refractivity contribution is 5.86. The molecule has 22 heavy (non-hydrogen) atoms. The number of carbonyl (C=O) groups is 1. The lowest BCUT2D eigenvalue weighted by atomic mass is 10.2. The second kappa shape index (κ2) is 5.44. The van der Waals surface area contributed by atoms with Crippen molar-refractivity contribution in [3.63, 3.8) is 0 Å². The fourth-order valence-electron chi connectivity index (χ4n) is 2.80. The Morgan fingerprint density at radius 3 is 2.64 bits per heavy atom. The number of likely N-dealkylation sites (tertiary alicyclic amines) is 1. The number of nitrogens with zero attached hydrogens (tertiary/aromatic N) is 3. The van der Waals surface area contributed by atoms with Crippen LogP contribution in [0.3, 0.4) is 0 Å². The Morgan fingerprint density at radius 1 is 1.32 bits per heavy atom. The molecular formula is C16H19FN4O. The van der Waals surface area contributed by atoms with Crippen LogP contribution in [0.4, 0.5) is 10.1 Å². The van der Waals surface area contributed by atoms with Crippen LogP contribution in [0.1, 0.15) is 17.8 Å². The van der Waals surface area contributed by atoms with Gasteiger partial charge >= 0.3 is 0 Å². The van der Waals surface area contributed by atoms with Crippen molar-refractivity contribution in [1.29, 1.82) is 0 Å². The highest BCUT2D eigenvalue weighted by Gasteiger charge is 2.28. The summed E-state index contributed by atoms with van der Waals surface area (Å²) in [6, 6.07) is 6.50. The molecule has 116 valence electrons. The standard InChI is InChI=1S/C16H19FN4O/c1-10-8-11(2)21(19-10)15-5-4-12(9-13(15)17)18-14-6-7-20(3)16(14)22/h4-5,8-9,14,18H,6-7H2,1-3H3/t14-/m1/s1. The van der Waals surface area contributed by atoms with E-state index in [0.29, 0.717) is 11.4 Å². The number of aryl methyl sites for hydroxylation is 2. The van der Waals surface area contributed by atoms with E-state index in [0.717, 1.165) is 24.4 Å². The van der Waals surface area contributed by atoms with Crippen LogP contribution in [-0.4, -0.2) is 40.2 Å². The van der Waals surface area contributed by atoms with Crippen LogP contribution in [0, 0.1) is 19.7 Å². The Hall–Kier alpha value is -2.37. The van der Waals surface area contributed by atoms with Crippen molar-refractivity contribution in [1.82, 2.24) is 14.7 Å². The molecule has 1 N–H and O–H groups in total. The zero-order valence-electron chi connectivity index (χ0n) is 12.9. The summed E-state index contributed by atoms with van der Waals surface area (Å²) >= 11 is 0. The third-order valence-corrected chi connectivity index (χ3v) is 3.95. The minimum Gasteiger partial charge on any atom is -0.374 e. The largest absolute Gasteiger partial charge is 0.374 e. The van der Waals surface area contributed by atoms with Crippen molar-refractivity contribution in [3.05, 3.63) is 41.5 Å². The number of aromatic nitrogens is 2. The summed E-state index contributed by atoms with van der Waals surface area (Å²) in [4.78, 5) is 13.6. The second-order valence-electron chi connectivity index (χ2n) is 5.75. The normalized spacial score (nSPS) is 18.1. The Kier molecular flexibility index (Phi) is 3.60. The molecule has 1 fully saturated rings. The van der Waals surface area contributed by atoms with E-state index in [9.17, 15) is 9.18 Å². The van der Waals surface area contributed by atoms with Gasteiger partial charge in [0, 0.05) is 25.0 Å². The zero-order chi connectivity index (χ0) is 15.9. The monoisotopic (exact) mass is 302 g/mol. The van der Waals surface area contributed by atoms with E-state index in [1.54, 1.807) is 28.8 Å². The molecule has 0 unspecified atom stereocenters. The number of hydrogen-bond donors (Lipinski definition) is 1. The maximum atomic E-state index is 14.4. The van der Waals surface area contributed by atoms with E-state index in [1.165, 1.54) is 6.07 Å². The Labute approximate surface area is 128 Å². The molecule has 1 aromatic carbocycles. The van der Waals surface area contributed by atoms with Crippen molar-refractivity contribution in [2.75, 3.05) is 18.9 Å². The SMILES string of the molecule is Cc1cc(C)n(-c2ccc(N[C@@H]3CCN(C)C3=O)cc2F)n1. The van der Waals surface area contributed by atoms with E-state index >= 15 is 0 Å². The number of amides is 1. The third kappa shape index (κ3) is 2.56. The molecular weight excluding hydrogens is 283 g/mol. The number of anilines is 1. The number of halogens is 1. The van der Waals surface area contributed by atoms with Gasteiger partial charge in [-0.05, 0) is 44.5 Å². The molecule has 0 spiro atoms. The van der Waals surface area contributed by atoms with Crippen molar-refractivity contribution >= 4 is 11.6 Å². The van der Waals surface area contributed by atoms with Crippen molar-refractivity contribution in [3.8, 4) is 5.69 Å². The minimum atomic E-state index is -0.366. The first kappa shape index (κ1) is 14.6. The predicted molar refractivity (Wildman–Crippen MR) is 82.7 cm³/mol. The Balaban J connectivity index is 1.84. The number of likely N-dealkylation sites (N-methyl/N-ethyl adjacent to an activating group) is 1. The van der Waals surface area contributed by atoms with E-state index in [1.807, 2.05) is 19.9 Å². The summed E-state index contributed by atoms with van der Waals surface area (Å²) in [7, 11) is 1.77. The molecule has 2 heterocycles. The van der Waals surface area contributed by atoms with Gasteiger partial charge in [0.2, 0.25) is 5.91 Å². The van der Waals surface area contributed by atoms with E-state index < -0.39 is 0 Å². The lowest BCUT2D eigenvalue weighted by molar-refractivity contribution is -0.127. The number of rotatable bonds is 3. The fourth-order valence-corrected chi connectivity index (χ4v) is 2.80. The van der Waals surface area contributed by atoms with Gasteiger partial charge in [0.1, 0.15) is 11.7 Å². The quantitative estimate of drug-likeness (QED) is 0.946. The third-order valence-electron chi connectivity index (χ3n) is 3.95. The van der Waals surface area contributed by atoms with Gasteiger partial charge in [0.15, 0.2) is 5.82 Å². The molecule has 0 bridgehead atoms. The van der Waals surface area contributed by atoms with Crippen molar-refractivity contribution in [2.45, 2.75) is 26.3 Å². The fraction of sp³-hybridized carbons (Fsp3) is 0.375. The summed E-state index contributed by atoms with van der Waals surface area (Å²) in [5.74, 6) is -0.321. The van der Waals surface area contributed by atoms with Gasteiger partial charge in [-0.3, -0.25) is 4.79 Å². The summed E-state index contributed by atoms with van der Waals surface area (Å²) in [5, 5.41) is 7.39. The number of hydrogen-bond acceptors (Lipinski definition) is 3. The number of carbonyl (C=O) groups excluding carboxylic acids is 1. The van der Waals surface area contributed by atoms with Gasteiger partial charge in [0.05, 0.1) is 5.69 Å². The van der Waals surface area contributed by atoms with Crippen LogP contribution in [0.2, 0.25) is 0 Å². The Bertz CT molecular complexity index is 725. The molecule has 3 rings (SSSR count). The summed E-state index contributed by atoms with van der Waals surface area (Å²) in [6.45, 7) is 4.49. The molecule has 1 aromatic heterocycles. The molecule has 1 saturated heterocycles. The first-order valence-electron chi connectivity index (χ1n) is 7.30. The molecule has 0 radical (unpaired) electrons. The maximum absolute atomic E-state index is 14.4. The average molecular weight is 302 g/mol. The van der Waals surface area contributed by atoms with Crippen LogP contribution in [0.15, 0.2) is 24.3 Å². The zero-order valence-corrected chi connectivity index (χ0v) is 12.9. The summed E-state index contributed by atoms with van der Waals surface area (Å²) < 4.78 is 16.0. The molecule has 2 aromatic rings. The summed E-state index contributed by atoms with van der Waals surface area (Å²) in [5.41, 5.74) is 2.74. The van der Waals surface area contributed by atoms with Crippen LogP contribution in [0.5, 0.6) is 0 Å². The molecule has 6 heteroatoms. The first-order valence-corrected chi connectivity index (χ1v) is 7.30. The van der Waals surface area contributed by atoms with Crippen molar-refractivity contribution < 1.29 is 9.18 Å². The lowest BCUT2D eigenvalue weighted by Crippen LogP contribution is -2.30. The van der Waals surface area contributed by atoms with Gasteiger partial charge in [-0.2, -0.15) is 5.10 Å². The molecule has 1 atom stereocenters. The minimum absolute atomic E-state index is 0.0445. The highest BCUT2D eigenvalue weighted by Crippen LogP contribution is 2.22. The molecule has 1 aliphatic heterocycles. The van der Waals surface area contributed by atoms with Gasteiger partial charge in [-0.15, -0.1) is 0 Å². The highest BCUT2D eigenvalue weighted by atomic mass is 19.1. The second-order valence-corrected chi connectivity index (χ2v) is 5.75. The van der Waals surface area contributed by atoms with Crippen LogP contribution in [-0.2, 0) is 4.79 Å². The maximum Gasteiger partial charge on any atom is 0.244 e. The van der Waals surface area contributed by atoms with Gasteiger partial charge in [0.25, 0.3) is 0 Å². The molecule has 0 saturated carbocycles. The van der Waals surface area contributed by atoms with Gasteiger partial charge < -0.3 is 10.2 Å². The van der Waals surface area contributed by atoms with E-state index in [4.69, 9.17) is 0 Å². The van der Waals surface area contributed by atoms with Crippen LogP contribution < -0.4 is 5.32 Å². The lowest BCUT2D eigenvalue weighted by Gasteiger charge is -2.14. The molecule has 1 amide bonds. The van der Waals surface area contributed by atoms with Gasteiger partial charge in [-0.1, -0.05) is 0 Å². The first-order chi connectivity index (χ1) is 10.5. The predicted octanol–water partition coefficient (Wildman–Crippen LogP) is 2.27. The number of nitrogens with one attached hydrogen (secondary N) is 1. The smallest absolute Gasteiger partial charge is 0.244 e. The average Bonchev–Trinajstić information content (AvgIpc) is 2.95. The number of benzene rings is 1.